The van der Waals surface area contributed by atoms with Crippen LogP contribution in [0.4, 0.5) is 0 Å². The molecule has 4 heteroatoms. The molecule has 0 spiro atoms. The maximum absolute atomic E-state index is 10.9. The zero-order valence-corrected chi connectivity index (χ0v) is 18.5. The first-order chi connectivity index (χ1) is 15.5. The second kappa shape index (κ2) is 9.06. The zero-order valence-electron chi connectivity index (χ0n) is 18.5. The van der Waals surface area contributed by atoms with Gasteiger partial charge in [-0.15, -0.1) is 0 Å². The Balaban J connectivity index is 1.93. The molecule has 0 aliphatic rings. The van der Waals surface area contributed by atoms with Gasteiger partial charge in [0.05, 0.1) is 11.7 Å². The summed E-state index contributed by atoms with van der Waals surface area (Å²) < 4.78 is 1.88. The van der Waals surface area contributed by atoms with Gasteiger partial charge in [0.1, 0.15) is 0 Å². The lowest BCUT2D eigenvalue weighted by Gasteiger charge is -2.18. The van der Waals surface area contributed by atoms with Gasteiger partial charge >= 0.3 is 5.97 Å². The number of rotatable bonds is 6. The lowest BCUT2D eigenvalue weighted by molar-refractivity contribution is -0.131. The van der Waals surface area contributed by atoms with Crippen LogP contribution >= 0.6 is 0 Å². The minimum absolute atomic E-state index is 0.854. The van der Waals surface area contributed by atoms with Crippen LogP contribution in [0.2, 0.25) is 0 Å². The molecule has 0 aliphatic heterocycles. The molecule has 4 rings (SSSR count). The Morgan fingerprint density at radius 2 is 1.75 bits per heavy atom. The Morgan fingerprint density at radius 1 is 1.03 bits per heavy atom. The monoisotopic (exact) mass is 422 g/mol. The van der Waals surface area contributed by atoms with Gasteiger partial charge in [0, 0.05) is 18.5 Å². The van der Waals surface area contributed by atoms with E-state index in [0.717, 1.165) is 40.1 Å². The normalized spacial score (nSPS) is 12.3. The summed E-state index contributed by atoms with van der Waals surface area (Å²) in [5.41, 5.74) is 9.13. The second-order valence-electron chi connectivity index (χ2n) is 7.86. The van der Waals surface area contributed by atoms with Crippen molar-refractivity contribution in [2.24, 2.45) is 7.05 Å². The third kappa shape index (κ3) is 4.26. The van der Waals surface area contributed by atoms with E-state index < -0.39 is 5.97 Å². The highest BCUT2D eigenvalue weighted by Gasteiger charge is 2.15. The Kier molecular flexibility index (Phi) is 6.04. The molecule has 0 amide bonds. The number of allylic oxidation sites excluding steroid dienone is 1. The average molecular weight is 423 g/mol. The number of carboxylic acid groups (broad SMARTS) is 1. The van der Waals surface area contributed by atoms with Gasteiger partial charge in [-0.3, -0.25) is 4.68 Å². The summed E-state index contributed by atoms with van der Waals surface area (Å²) in [7, 11) is 1.95. The Morgan fingerprint density at radius 3 is 2.44 bits per heavy atom. The van der Waals surface area contributed by atoms with Crippen molar-refractivity contribution in [2.75, 3.05) is 0 Å². The van der Waals surface area contributed by atoms with Crippen molar-refractivity contribution in [2.45, 2.75) is 20.3 Å². The van der Waals surface area contributed by atoms with Crippen LogP contribution in [0.5, 0.6) is 0 Å². The topological polar surface area (TPSA) is 55.1 Å². The maximum atomic E-state index is 10.9. The molecule has 4 nitrogen and oxygen atoms in total. The summed E-state index contributed by atoms with van der Waals surface area (Å²) in [5, 5.41) is 14.4. The molecule has 0 fully saturated rings. The first-order valence-corrected chi connectivity index (χ1v) is 10.7. The Labute approximate surface area is 188 Å². The number of aromatic nitrogens is 2. The molecule has 0 unspecified atom stereocenters. The number of aliphatic carboxylic acids is 1. The number of hydrogen-bond acceptors (Lipinski definition) is 2. The van der Waals surface area contributed by atoms with Gasteiger partial charge < -0.3 is 5.11 Å². The quantitative estimate of drug-likeness (QED) is 0.291. The van der Waals surface area contributed by atoms with E-state index in [2.05, 4.69) is 73.5 Å². The Bertz CT molecular complexity index is 1340. The van der Waals surface area contributed by atoms with Crippen LogP contribution in [0, 0.1) is 6.92 Å². The van der Waals surface area contributed by atoms with E-state index >= 15 is 0 Å². The maximum Gasteiger partial charge on any atom is 0.328 e. The molecule has 1 aromatic heterocycles. The highest BCUT2D eigenvalue weighted by atomic mass is 16.4. The van der Waals surface area contributed by atoms with Crippen LogP contribution in [-0.4, -0.2) is 20.9 Å². The summed E-state index contributed by atoms with van der Waals surface area (Å²) in [4.78, 5) is 10.9. The Hall–Kier alpha value is -3.92. The predicted octanol–water partition coefficient (Wildman–Crippen LogP) is 6.35. The molecule has 0 saturated carbocycles. The number of hydrogen-bond donors (Lipinski definition) is 1. The zero-order chi connectivity index (χ0) is 22.7. The molecule has 0 atom stereocenters. The molecule has 3 aromatic carbocycles. The molecule has 1 heterocycles. The number of carboxylic acids is 1. The van der Waals surface area contributed by atoms with Crippen LogP contribution in [0.25, 0.3) is 28.1 Å². The van der Waals surface area contributed by atoms with Crippen LogP contribution in [-0.2, 0) is 11.8 Å². The number of carbonyl (C=O) groups is 1. The minimum Gasteiger partial charge on any atom is -0.478 e. The smallest absolute Gasteiger partial charge is 0.328 e. The van der Waals surface area contributed by atoms with Crippen molar-refractivity contribution < 1.29 is 9.90 Å². The molecule has 0 bridgehead atoms. The van der Waals surface area contributed by atoms with Crippen LogP contribution in [0.15, 0.2) is 79.0 Å². The summed E-state index contributed by atoms with van der Waals surface area (Å²) >= 11 is 0. The number of fused-ring (bicyclic) bond motifs is 1. The molecular weight excluding hydrogens is 396 g/mol. The van der Waals surface area contributed by atoms with E-state index in [4.69, 9.17) is 5.11 Å². The predicted molar refractivity (Wildman–Crippen MR) is 131 cm³/mol. The summed E-state index contributed by atoms with van der Waals surface area (Å²) in [6.07, 6.45) is 5.55. The lowest BCUT2D eigenvalue weighted by Crippen LogP contribution is -1.97. The van der Waals surface area contributed by atoms with Crippen molar-refractivity contribution in [3.63, 3.8) is 0 Å². The summed E-state index contributed by atoms with van der Waals surface area (Å²) in [5.74, 6) is -0.952. The van der Waals surface area contributed by atoms with Gasteiger partial charge in [-0.2, -0.15) is 5.10 Å². The average Bonchev–Trinajstić information content (AvgIpc) is 3.17. The molecule has 160 valence electrons. The fourth-order valence-electron chi connectivity index (χ4n) is 4.18. The first kappa shape index (κ1) is 21.3. The number of benzene rings is 3. The van der Waals surface area contributed by atoms with Gasteiger partial charge in [-0.25, -0.2) is 4.79 Å². The molecule has 0 saturated heterocycles. The van der Waals surface area contributed by atoms with Gasteiger partial charge in [-0.1, -0.05) is 61.5 Å². The van der Waals surface area contributed by atoms with Gasteiger partial charge in [0.15, 0.2) is 0 Å². The fourth-order valence-corrected chi connectivity index (χ4v) is 4.18. The van der Waals surface area contributed by atoms with Gasteiger partial charge in [0.2, 0.25) is 0 Å². The van der Waals surface area contributed by atoms with E-state index in [1.807, 2.05) is 30.1 Å². The van der Waals surface area contributed by atoms with Crippen molar-refractivity contribution in [1.29, 1.82) is 0 Å². The fraction of sp³-hybridized carbons (Fsp3) is 0.143. The molecule has 32 heavy (non-hydrogen) atoms. The summed E-state index contributed by atoms with van der Waals surface area (Å²) in [6.45, 7) is 4.33. The second-order valence-corrected chi connectivity index (χ2v) is 7.86. The van der Waals surface area contributed by atoms with Crippen molar-refractivity contribution in [3.05, 3.63) is 107 Å². The van der Waals surface area contributed by atoms with E-state index in [1.165, 1.54) is 22.3 Å². The van der Waals surface area contributed by atoms with Gasteiger partial charge in [-0.05, 0) is 70.5 Å². The summed E-state index contributed by atoms with van der Waals surface area (Å²) in [6, 6.07) is 23.0. The van der Waals surface area contributed by atoms with E-state index in [9.17, 15) is 4.79 Å². The van der Waals surface area contributed by atoms with E-state index in [1.54, 1.807) is 6.08 Å². The first-order valence-electron chi connectivity index (χ1n) is 10.7. The van der Waals surface area contributed by atoms with Crippen LogP contribution < -0.4 is 0 Å². The molecule has 0 aliphatic carbocycles. The minimum atomic E-state index is -0.952. The van der Waals surface area contributed by atoms with Crippen molar-refractivity contribution >= 4 is 34.1 Å². The van der Waals surface area contributed by atoms with E-state index in [0.29, 0.717) is 0 Å². The highest BCUT2D eigenvalue weighted by Crippen LogP contribution is 2.36. The van der Waals surface area contributed by atoms with Gasteiger partial charge in [0.25, 0.3) is 0 Å². The van der Waals surface area contributed by atoms with Crippen molar-refractivity contribution in [1.82, 2.24) is 9.78 Å². The number of aryl methyl sites for hydroxylation is 2. The van der Waals surface area contributed by atoms with Crippen LogP contribution in [0.1, 0.15) is 41.2 Å². The SMILES string of the molecule is CC/C(=C(/c1ccc(/C=C/C(=O)O)cc1)c1ccc2c(cnn2C)c1)c1ccccc1C. The van der Waals surface area contributed by atoms with E-state index in [-0.39, 0.29) is 0 Å². The molecule has 1 N–H and O–H groups in total. The highest BCUT2D eigenvalue weighted by molar-refractivity contribution is 6.01. The lowest BCUT2D eigenvalue weighted by atomic mass is 9.86. The standard InChI is InChI=1S/C28H26N2O2/c1-4-24(25-8-6-5-7-19(25)2)28(21-12-9-20(10-13-21)11-16-27(31)32)22-14-15-26-23(17-22)18-29-30(26)3/h5-18H,4H2,1-3H3,(H,31,32)/b16-11+,28-24+. The molecular formula is C28H26N2O2. The molecule has 0 radical (unpaired) electrons. The number of nitrogens with zero attached hydrogens (tertiary/aromatic N) is 2. The molecule has 4 aromatic rings. The third-order valence-electron chi connectivity index (χ3n) is 5.78. The van der Waals surface area contributed by atoms with Crippen LogP contribution in [0.3, 0.4) is 0 Å². The van der Waals surface area contributed by atoms with Crippen molar-refractivity contribution in [3.8, 4) is 0 Å². The largest absolute Gasteiger partial charge is 0.478 e. The third-order valence-corrected chi connectivity index (χ3v) is 5.78.